The maximum atomic E-state index is 13.2. The SMILES string of the molecule is Cc1nc(-n2nc(-c3cccs3)cc2NC(=O)c2ccc(S(=O)(=O)N(C)C)cc2)[nH]c(=O)c1Cc1ccccc1. The zero-order valence-corrected chi connectivity index (χ0v) is 23.6. The van der Waals surface area contributed by atoms with Crippen LogP contribution in [0.4, 0.5) is 5.82 Å². The largest absolute Gasteiger partial charge is 0.306 e. The molecule has 0 radical (unpaired) electrons. The maximum Gasteiger partial charge on any atom is 0.256 e. The van der Waals surface area contributed by atoms with Crippen LogP contribution in [0.1, 0.15) is 27.2 Å². The number of aromatic nitrogens is 4. The van der Waals surface area contributed by atoms with Gasteiger partial charge in [-0.1, -0.05) is 36.4 Å². The molecule has 12 heteroatoms. The molecular formula is C28H26N6O4S2. The van der Waals surface area contributed by atoms with Crippen molar-refractivity contribution < 1.29 is 13.2 Å². The topological polar surface area (TPSA) is 130 Å². The molecule has 0 saturated heterocycles. The quantitative estimate of drug-likeness (QED) is 0.287. The molecule has 1 amide bonds. The average Bonchev–Trinajstić information content (AvgIpc) is 3.62. The molecule has 0 atom stereocenters. The lowest BCUT2D eigenvalue weighted by molar-refractivity contribution is 0.102. The molecular weight excluding hydrogens is 548 g/mol. The zero-order chi connectivity index (χ0) is 28.4. The number of rotatable bonds is 8. The summed E-state index contributed by atoms with van der Waals surface area (Å²) < 4.78 is 27.3. The standard InChI is InChI=1S/C28H26N6O4S2/c1-18-22(16-19-8-5-4-6-9-19)27(36)31-28(29-18)34-25(17-23(32-34)24-10-7-15-39-24)30-26(35)20-11-13-21(14-12-20)40(37,38)33(2)3/h4-15,17H,16H2,1-3H3,(H,30,35)(H,29,31,36). The third-order valence-electron chi connectivity index (χ3n) is 6.25. The minimum absolute atomic E-state index is 0.0758. The second-order valence-electron chi connectivity index (χ2n) is 9.19. The van der Waals surface area contributed by atoms with Crippen molar-refractivity contribution in [1.82, 2.24) is 24.1 Å². The first-order chi connectivity index (χ1) is 19.1. The third kappa shape index (κ3) is 5.50. The average molecular weight is 575 g/mol. The van der Waals surface area contributed by atoms with E-state index in [4.69, 9.17) is 0 Å². The highest BCUT2D eigenvalue weighted by Gasteiger charge is 2.20. The fourth-order valence-corrected chi connectivity index (χ4v) is 5.64. The Bertz CT molecular complexity index is 1830. The van der Waals surface area contributed by atoms with Gasteiger partial charge in [0.25, 0.3) is 11.5 Å². The van der Waals surface area contributed by atoms with E-state index in [1.165, 1.54) is 54.4 Å². The van der Waals surface area contributed by atoms with Gasteiger partial charge >= 0.3 is 0 Å². The van der Waals surface area contributed by atoms with Crippen LogP contribution in [0.3, 0.4) is 0 Å². The van der Waals surface area contributed by atoms with E-state index in [1.54, 1.807) is 13.0 Å². The molecule has 204 valence electrons. The number of hydrogen-bond donors (Lipinski definition) is 2. The predicted molar refractivity (Wildman–Crippen MR) is 155 cm³/mol. The van der Waals surface area contributed by atoms with Gasteiger partial charge in [-0.05, 0) is 48.2 Å². The minimum atomic E-state index is -3.63. The fourth-order valence-electron chi connectivity index (χ4n) is 4.06. The summed E-state index contributed by atoms with van der Waals surface area (Å²) in [6.45, 7) is 1.77. The Balaban J connectivity index is 1.49. The van der Waals surface area contributed by atoms with Gasteiger partial charge in [0.2, 0.25) is 16.0 Å². The molecule has 0 fully saturated rings. The summed E-state index contributed by atoms with van der Waals surface area (Å²) in [5, 5.41) is 9.37. The van der Waals surface area contributed by atoms with Crippen molar-refractivity contribution in [2.45, 2.75) is 18.2 Å². The lowest BCUT2D eigenvalue weighted by Crippen LogP contribution is -2.23. The molecule has 0 unspecified atom stereocenters. The molecule has 5 aromatic rings. The smallest absolute Gasteiger partial charge is 0.256 e. The molecule has 10 nitrogen and oxygen atoms in total. The van der Waals surface area contributed by atoms with Crippen molar-refractivity contribution in [2.24, 2.45) is 0 Å². The number of anilines is 1. The number of carbonyl (C=O) groups is 1. The number of nitrogens with one attached hydrogen (secondary N) is 2. The fraction of sp³-hybridized carbons (Fsp3) is 0.143. The van der Waals surface area contributed by atoms with Crippen LogP contribution in [0.2, 0.25) is 0 Å². The number of thiophene rings is 1. The lowest BCUT2D eigenvalue weighted by atomic mass is 10.1. The van der Waals surface area contributed by atoms with Crippen molar-refractivity contribution >= 4 is 33.1 Å². The number of benzene rings is 2. The Morgan fingerprint density at radius 2 is 1.77 bits per heavy atom. The van der Waals surface area contributed by atoms with E-state index in [1.807, 2.05) is 47.8 Å². The van der Waals surface area contributed by atoms with E-state index in [0.717, 1.165) is 14.7 Å². The summed E-state index contributed by atoms with van der Waals surface area (Å²) in [5.74, 6) is -0.0333. The normalized spacial score (nSPS) is 11.6. The summed E-state index contributed by atoms with van der Waals surface area (Å²) in [5.41, 5.74) is 2.62. The van der Waals surface area contributed by atoms with Gasteiger partial charge in [0.1, 0.15) is 11.5 Å². The van der Waals surface area contributed by atoms with Crippen LogP contribution < -0.4 is 10.9 Å². The Morgan fingerprint density at radius 3 is 2.40 bits per heavy atom. The van der Waals surface area contributed by atoms with Crippen molar-refractivity contribution in [3.63, 3.8) is 0 Å². The van der Waals surface area contributed by atoms with Gasteiger partial charge in [-0.25, -0.2) is 17.7 Å². The molecule has 40 heavy (non-hydrogen) atoms. The Morgan fingerprint density at radius 1 is 1.05 bits per heavy atom. The number of hydrogen-bond acceptors (Lipinski definition) is 7. The molecule has 3 heterocycles. The highest BCUT2D eigenvalue weighted by atomic mass is 32.2. The second kappa shape index (κ2) is 11.0. The zero-order valence-electron chi connectivity index (χ0n) is 22.0. The number of H-pyrrole nitrogens is 1. The van der Waals surface area contributed by atoms with Gasteiger partial charge in [0.05, 0.1) is 15.5 Å². The van der Waals surface area contributed by atoms with Crippen LogP contribution in [0.15, 0.2) is 87.9 Å². The summed E-state index contributed by atoms with van der Waals surface area (Å²) >= 11 is 1.48. The van der Waals surface area contributed by atoms with E-state index < -0.39 is 15.9 Å². The highest BCUT2D eigenvalue weighted by molar-refractivity contribution is 7.89. The summed E-state index contributed by atoms with van der Waals surface area (Å²) in [4.78, 5) is 34.7. The van der Waals surface area contributed by atoms with Gasteiger partial charge in [-0.15, -0.1) is 11.3 Å². The van der Waals surface area contributed by atoms with Gasteiger partial charge < -0.3 is 5.32 Å². The Kier molecular flexibility index (Phi) is 7.48. The minimum Gasteiger partial charge on any atom is -0.306 e. The first-order valence-electron chi connectivity index (χ1n) is 12.3. The van der Waals surface area contributed by atoms with E-state index >= 15 is 0 Å². The molecule has 0 spiro atoms. The third-order valence-corrected chi connectivity index (χ3v) is 8.98. The van der Waals surface area contributed by atoms with Gasteiger partial charge in [-0.2, -0.15) is 9.78 Å². The van der Waals surface area contributed by atoms with E-state index in [-0.39, 0.29) is 27.8 Å². The molecule has 3 aromatic heterocycles. The molecule has 0 bridgehead atoms. The molecule has 2 N–H and O–H groups in total. The second-order valence-corrected chi connectivity index (χ2v) is 12.3. The molecule has 0 aliphatic carbocycles. The lowest BCUT2D eigenvalue weighted by Gasteiger charge is -2.12. The van der Waals surface area contributed by atoms with Crippen molar-refractivity contribution in [3.05, 3.63) is 111 Å². The summed E-state index contributed by atoms with van der Waals surface area (Å²) in [7, 11) is -0.746. The molecule has 0 aliphatic rings. The maximum absolute atomic E-state index is 13.2. The number of carbonyl (C=O) groups excluding carboxylic acids is 1. The molecule has 0 aliphatic heterocycles. The van der Waals surface area contributed by atoms with Gasteiger partial charge in [-0.3, -0.25) is 14.6 Å². The first kappa shape index (κ1) is 27.2. The van der Waals surface area contributed by atoms with Crippen LogP contribution in [-0.2, 0) is 16.4 Å². The summed E-state index contributed by atoms with van der Waals surface area (Å²) in [6, 6.07) is 20.8. The van der Waals surface area contributed by atoms with Crippen molar-refractivity contribution in [3.8, 4) is 16.5 Å². The number of aromatic amines is 1. The first-order valence-corrected chi connectivity index (χ1v) is 14.6. The monoisotopic (exact) mass is 574 g/mol. The van der Waals surface area contributed by atoms with E-state index in [9.17, 15) is 18.0 Å². The predicted octanol–water partition coefficient (Wildman–Crippen LogP) is 4.09. The number of nitrogens with zero attached hydrogens (tertiary/aromatic N) is 4. The van der Waals surface area contributed by atoms with Crippen LogP contribution >= 0.6 is 11.3 Å². The van der Waals surface area contributed by atoms with Crippen molar-refractivity contribution in [2.75, 3.05) is 19.4 Å². The van der Waals surface area contributed by atoms with E-state index in [0.29, 0.717) is 23.4 Å². The van der Waals surface area contributed by atoms with Crippen LogP contribution in [-0.4, -0.2) is 52.5 Å². The molecule has 5 rings (SSSR count). The summed E-state index contributed by atoms with van der Waals surface area (Å²) in [6.07, 6.45) is 0.429. The van der Waals surface area contributed by atoms with Gasteiger partial charge in [0, 0.05) is 37.7 Å². The van der Waals surface area contributed by atoms with Crippen LogP contribution in [0.25, 0.3) is 16.5 Å². The van der Waals surface area contributed by atoms with Crippen LogP contribution in [0.5, 0.6) is 0 Å². The number of sulfonamides is 1. The van der Waals surface area contributed by atoms with E-state index in [2.05, 4.69) is 20.4 Å². The molecule has 0 saturated carbocycles. The Labute approximate surface area is 235 Å². The van der Waals surface area contributed by atoms with Crippen LogP contribution in [0, 0.1) is 6.92 Å². The number of amides is 1. The Hall–Kier alpha value is -4.39. The van der Waals surface area contributed by atoms with Gasteiger partial charge in [0.15, 0.2) is 0 Å². The number of aryl methyl sites for hydroxylation is 1. The molecule has 2 aromatic carbocycles. The highest BCUT2D eigenvalue weighted by Crippen LogP contribution is 2.28. The van der Waals surface area contributed by atoms with Crippen molar-refractivity contribution in [1.29, 1.82) is 0 Å².